The molecule has 0 aliphatic carbocycles. The van der Waals surface area contributed by atoms with Crippen molar-refractivity contribution in [2.45, 2.75) is 251 Å². The molecule has 0 aromatic rings. The van der Waals surface area contributed by atoms with Gasteiger partial charge in [-0.3, -0.25) is 9.59 Å². The van der Waals surface area contributed by atoms with Crippen LogP contribution in [-0.2, 0) is 14.3 Å². The van der Waals surface area contributed by atoms with E-state index in [4.69, 9.17) is 4.74 Å². The van der Waals surface area contributed by atoms with Crippen LogP contribution in [0.5, 0.6) is 0 Å². The molecular formula is C52H93NO5. The molecule has 6 heteroatoms. The molecule has 58 heavy (non-hydrogen) atoms. The van der Waals surface area contributed by atoms with Crippen LogP contribution in [0.3, 0.4) is 0 Å². The fourth-order valence-electron chi connectivity index (χ4n) is 7.27. The molecule has 0 aliphatic heterocycles. The van der Waals surface area contributed by atoms with Crippen LogP contribution in [0, 0.1) is 0 Å². The molecule has 0 heterocycles. The summed E-state index contributed by atoms with van der Waals surface area (Å²) in [7, 11) is 0. The molecule has 3 unspecified atom stereocenters. The van der Waals surface area contributed by atoms with Crippen molar-refractivity contribution >= 4 is 11.9 Å². The highest BCUT2D eigenvalue weighted by atomic mass is 16.5. The van der Waals surface area contributed by atoms with Crippen LogP contribution in [0.4, 0.5) is 0 Å². The molecule has 0 spiro atoms. The summed E-state index contributed by atoms with van der Waals surface area (Å²) in [6.45, 7) is 6.32. The van der Waals surface area contributed by atoms with Gasteiger partial charge in [0.25, 0.3) is 0 Å². The molecule has 0 aromatic heterocycles. The zero-order valence-corrected chi connectivity index (χ0v) is 38.2. The number of rotatable bonds is 43. The number of hydrogen-bond acceptors (Lipinski definition) is 5. The van der Waals surface area contributed by atoms with Gasteiger partial charge in [0.2, 0.25) is 5.91 Å². The van der Waals surface area contributed by atoms with E-state index in [1.165, 1.54) is 116 Å². The van der Waals surface area contributed by atoms with Crippen LogP contribution in [0.1, 0.15) is 233 Å². The Kier molecular flexibility index (Phi) is 43.7. The third kappa shape index (κ3) is 40.3. The van der Waals surface area contributed by atoms with Gasteiger partial charge in [0.1, 0.15) is 6.10 Å². The lowest BCUT2D eigenvalue weighted by atomic mass is 10.0. The van der Waals surface area contributed by atoms with Crippen LogP contribution < -0.4 is 5.32 Å². The highest BCUT2D eigenvalue weighted by Gasteiger charge is 2.24. The van der Waals surface area contributed by atoms with Crippen molar-refractivity contribution in [3.8, 4) is 0 Å². The van der Waals surface area contributed by atoms with E-state index in [0.29, 0.717) is 19.3 Å². The summed E-state index contributed by atoms with van der Waals surface area (Å²) in [5, 5.41) is 23.7. The third-order valence-corrected chi connectivity index (χ3v) is 11.0. The van der Waals surface area contributed by atoms with Crippen LogP contribution in [0.2, 0.25) is 0 Å². The number of allylic oxidation sites excluding steroid dienone is 10. The zero-order valence-electron chi connectivity index (χ0n) is 38.2. The number of carbonyl (C=O) groups excluding carboxylic acids is 2. The minimum absolute atomic E-state index is 0.0609. The summed E-state index contributed by atoms with van der Waals surface area (Å²) in [6, 6.07) is -0.709. The molecular weight excluding hydrogens is 719 g/mol. The molecule has 0 radical (unpaired) electrons. The van der Waals surface area contributed by atoms with E-state index < -0.39 is 18.2 Å². The highest BCUT2D eigenvalue weighted by molar-refractivity contribution is 5.77. The average molecular weight is 812 g/mol. The van der Waals surface area contributed by atoms with Crippen LogP contribution in [0.15, 0.2) is 60.8 Å². The number of esters is 1. The van der Waals surface area contributed by atoms with E-state index in [-0.39, 0.29) is 24.9 Å². The third-order valence-electron chi connectivity index (χ3n) is 11.0. The zero-order chi connectivity index (χ0) is 42.4. The number of amides is 1. The summed E-state index contributed by atoms with van der Waals surface area (Å²) < 4.78 is 5.90. The number of aliphatic hydroxyl groups is 2. The van der Waals surface area contributed by atoms with Crippen LogP contribution in [0.25, 0.3) is 0 Å². The fraction of sp³-hybridized carbons (Fsp3) is 0.769. The average Bonchev–Trinajstić information content (AvgIpc) is 3.22. The molecule has 336 valence electrons. The summed E-state index contributed by atoms with van der Waals surface area (Å²) in [5.41, 5.74) is 0. The van der Waals surface area contributed by atoms with Crippen molar-refractivity contribution in [1.82, 2.24) is 5.32 Å². The van der Waals surface area contributed by atoms with Gasteiger partial charge in [0.15, 0.2) is 0 Å². The van der Waals surface area contributed by atoms with Gasteiger partial charge in [-0.2, -0.15) is 0 Å². The largest absolute Gasteiger partial charge is 0.462 e. The van der Waals surface area contributed by atoms with Gasteiger partial charge >= 0.3 is 5.97 Å². The van der Waals surface area contributed by atoms with E-state index in [2.05, 4.69) is 50.4 Å². The summed E-state index contributed by atoms with van der Waals surface area (Å²) in [6.07, 6.45) is 55.6. The number of unbranched alkanes of at least 4 members (excludes halogenated alkanes) is 25. The molecule has 0 aliphatic rings. The Labute approximate surface area is 358 Å². The molecule has 0 rings (SSSR count). The van der Waals surface area contributed by atoms with Crippen molar-refractivity contribution in [3.63, 3.8) is 0 Å². The number of carbonyl (C=O) groups is 2. The topological polar surface area (TPSA) is 95.9 Å². The Morgan fingerprint density at radius 1 is 0.517 bits per heavy atom. The minimum atomic E-state index is -0.794. The minimum Gasteiger partial charge on any atom is -0.462 e. The first kappa shape index (κ1) is 55.6. The predicted molar refractivity (Wildman–Crippen MR) is 250 cm³/mol. The first-order valence-electron chi connectivity index (χ1n) is 24.6. The molecule has 0 saturated heterocycles. The van der Waals surface area contributed by atoms with Crippen molar-refractivity contribution < 1.29 is 24.5 Å². The number of nitrogens with one attached hydrogen (secondary N) is 1. The van der Waals surface area contributed by atoms with E-state index in [9.17, 15) is 19.8 Å². The van der Waals surface area contributed by atoms with E-state index >= 15 is 0 Å². The Morgan fingerprint density at radius 3 is 1.40 bits per heavy atom. The van der Waals surface area contributed by atoms with Gasteiger partial charge in [-0.05, 0) is 44.9 Å². The van der Waals surface area contributed by atoms with Gasteiger partial charge in [-0.1, -0.05) is 236 Å². The normalized spacial score (nSPS) is 13.8. The number of hydrogen-bond donors (Lipinski definition) is 3. The molecule has 0 bridgehead atoms. The molecule has 0 aromatic carbocycles. The van der Waals surface area contributed by atoms with Crippen molar-refractivity contribution in [3.05, 3.63) is 60.8 Å². The molecule has 1 amide bonds. The Bertz CT molecular complexity index is 1050. The lowest BCUT2D eigenvalue weighted by molar-refractivity contribution is -0.151. The fourth-order valence-corrected chi connectivity index (χ4v) is 7.27. The van der Waals surface area contributed by atoms with E-state index in [1.54, 1.807) is 0 Å². The van der Waals surface area contributed by atoms with E-state index in [1.807, 2.05) is 36.5 Å². The maximum Gasteiger partial charge on any atom is 0.306 e. The summed E-state index contributed by atoms with van der Waals surface area (Å²) in [5.74, 6) is -0.520. The second kappa shape index (κ2) is 45.6. The maximum absolute atomic E-state index is 13.2. The van der Waals surface area contributed by atoms with E-state index in [0.717, 1.165) is 70.6 Å². The Balaban J connectivity index is 4.66. The van der Waals surface area contributed by atoms with Gasteiger partial charge in [0.05, 0.1) is 25.2 Å². The number of ether oxygens (including phenoxy) is 1. The van der Waals surface area contributed by atoms with Gasteiger partial charge in [-0.25, -0.2) is 0 Å². The predicted octanol–water partition coefficient (Wildman–Crippen LogP) is 14.5. The number of aliphatic hydroxyl groups excluding tert-OH is 2. The van der Waals surface area contributed by atoms with Crippen molar-refractivity contribution in [1.29, 1.82) is 0 Å². The standard InChI is InChI=1S/C52H93NO5/c1-4-7-10-13-16-19-22-24-25-27-30-33-36-39-42-45-52(57)58-48(43-40-37-34-31-29-26-23-20-17-14-11-8-5-2)46-51(56)53-49(47-54)50(55)44-41-38-35-32-28-21-18-15-12-9-6-3/h7,10,13,16,19,22,24-25,27,30,48-50,54-55H,4-6,8-9,11-12,14-15,17-18,20-21,23,26,28-29,31-47H2,1-3H3,(H,53,56)/b10-7+,16-13+,22-19-,25-24-,30-27+. The second-order valence-electron chi connectivity index (χ2n) is 16.6. The summed E-state index contributed by atoms with van der Waals surface area (Å²) in [4.78, 5) is 26.1. The smallest absolute Gasteiger partial charge is 0.306 e. The lowest BCUT2D eigenvalue weighted by Gasteiger charge is -2.24. The maximum atomic E-state index is 13.2. The summed E-state index contributed by atoms with van der Waals surface area (Å²) >= 11 is 0. The second-order valence-corrected chi connectivity index (χ2v) is 16.6. The van der Waals surface area contributed by atoms with Crippen LogP contribution in [-0.4, -0.2) is 46.9 Å². The van der Waals surface area contributed by atoms with Crippen LogP contribution >= 0.6 is 0 Å². The molecule has 3 N–H and O–H groups in total. The Morgan fingerprint density at radius 2 is 0.931 bits per heavy atom. The first-order chi connectivity index (χ1) is 28.5. The highest BCUT2D eigenvalue weighted by Crippen LogP contribution is 2.18. The molecule has 6 nitrogen and oxygen atoms in total. The molecule has 3 atom stereocenters. The molecule has 0 saturated carbocycles. The van der Waals surface area contributed by atoms with Crippen molar-refractivity contribution in [2.75, 3.05) is 6.61 Å². The van der Waals surface area contributed by atoms with Gasteiger partial charge < -0.3 is 20.3 Å². The van der Waals surface area contributed by atoms with Crippen molar-refractivity contribution in [2.24, 2.45) is 0 Å². The quantitative estimate of drug-likeness (QED) is 0.0324. The van der Waals surface area contributed by atoms with Gasteiger partial charge in [0, 0.05) is 6.42 Å². The lowest BCUT2D eigenvalue weighted by Crippen LogP contribution is -2.46. The Hall–Kier alpha value is -2.44. The molecule has 0 fully saturated rings. The van der Waals surface area contributed by atoms with Gasteiger partial charge in [-0.15, -0.1) is 0 Å². The SMILES string of the molecule is CC/C=C/C=C/C=C\C=C/C=C/CCCCCC(=O)OC(CCCCCCCCCCCCCCC)CC(=O)NC(CO)C(O)CCCCCCCCCCCCC. The monoisotopic (exact) mass is 812 g/mol. The first-order valence-corrected chi connectivity index (χ1v) is 24.6.